The van der Waals surface area contributed by atoms with Gasteiger partial charge in [-0.2, -0.15) is 9.50 Å². The fourth-order valence-electron chi connectivity index (χ4n) is 5.80. The first-order valence-electron chi connectivity index (χ1n) is 13.1. The van der Waals surface area contributed by atoms with Gasteiger partial charge in [0, 0.05) is 12.6 Å². The molecule has 1 fully saturated rings. The molecule has 0 spiro atoms. The van der Waals surface area contributed by atoms with Crippen LogP contribution in [0.5, 0.6) is 0 Å². The van der Waals surface area contributed by atoms with Crippen LogP contribution in [0.1, 0.15) is 84.2 Å². The van der Waals surface area contributed by atoms with Crippen LogP contribution in [0, 0.1) is 5.92 Å². The van der Waals surface area contributed by atoms with Crippen molar-refractivity contribution in [1.29, 1.82) is 0 Å². The number of anilines is 1. The highest BCUT2D eigenvalue weighted by molar-refractivity contribution is 5.76. The Hall–Kier alpha value is -2.48. The van der Waals surface area contributed by atoms with E-state index >= 15 is 0 Å². The molecule has 0 aliphatic carbocycles. The lowest BCUT2D eigenvalue weighted by atomic mass is 9.83. The van der Waals surface area contributed by atoms with Gasteiger partial charge in [-0.25, -0.2) is 0 Å². The number of hydrogen-bond acceptors (Lipinski definition) is 6. The van der Waals surface area contributed by atoms with Gasteiger partial charge in [0.15, 0.2) is 5.82 Å². The lowest BCUT2D eigenvalue weighted by molar-refractivity contribution is -0.117. The van der Waals surface area contributed by atoms with Gasteiger partial charge in [0.05, 0.1) is 25.5 Å². The fourth-order valence-corrected chi connectivity index (χ4v) is 5.80. The second-order valence-electron chi connectivity index (χ2n) is 9.68. The van der Waals surface area contributed by atoms with Crippen molar-refractivity contribution in [3.05, 3.63) is 27.9 Å². The third kappa shape index (κ3) is 4.69. The van der Waals surface area contributed by atoms with Crippen molar-refractivity contribution in [3.8, 4) is 0 Å². The standard InChI is InChI=1S/C26H39N5O3/c1-5-9-19-11-8-14-29(22(19)10-6-2)23-21(7-3)30(17-18(4)32)26-27-24(28-31(26)25(23)33)20-12-15-34-16-13-20/h12,19,22H,5-11,13-17H2,1-4H3. The molecule has 0 N–H and O–H groups in total. The third-order valence-corrected chi connectivity index (χ3v) is 7.24. The molecule has 0 amide bonds. The predicted molar refractivity (Wildman–Crippen MR) is 134 cm³/mol. The van der Waals surface area contributed by atoms with Gasteiger partial charge in [-0.1, -0.05) is 39.7 Å². The van der Waals surface area contributed by atoms with Crippen molar-refractivity contribution in [3.63, 3.8) is 0 Å². The van der Waals surface area contributed by atoms with E-state index < -0.39 is 0 Å². The van der Waals surface area contributed by atoms with Crippen molar-refractivity contribution in [1.82, 2.24) is 19.2 Å². The topological polar surface area (TPSA) is 81.7 Å². The van der Waals surface area contributed by atoms with Crippen LogP contribution in [-0.4, -0.2) is 50.7 Å². The molecule has 2 unspecified atom stereocenters. The number of carbonyl (C=O) groups is 1. The molecule has 186 valence electrons. The molecule has 8 nitrogen and oxygen atoms in total. The molecule has 0 radical (unpaired) electrons. The molecule has 8 heteroatoms. The van der Waals surface area contributed by atoms with E-state index in [0.717, 1.165) is 43.5 Å². The van der Waals surface area contributed by atoms with Crippen LogP contribution in [0.3, 0.4) is 0 Å². The Morgan fingerprint density at radius 2 is 2.00 bits per heavy atom. The van der Waals surface area contributed by atoms with E-state index in [2.05, 4.69) is 30.8 Å². The Labute approximate surface area is 202 Å². The maximum absolute atomic E-state index is 14.0. The molecular formula is C26H39N5O3. The van der Waals surface area contributed by atoms with Gasteiger partial charge >= 0.3 is 0 Å². The summed E-state index contributed by atoms with van der Waals surface area (Å²) >= 11 is 0. The molecule has 4 rings (SSSR count). The van der Waals surface area contributed by atoms with E-state index in [4.69, 9.17) is 9.72 Å². The first-order chi connectivity index (χ1) is 16.5. The van der Waals surface area contributed by atoms with Crippen molar-refractivity contribution >= 4 is 22.8 Å². The van der Waals surface area contributed by atoms with Crippen LogP contribution in [-0.2, 0) is 22.5 Å². The molecule has 4 heterocycles. The number of ketones is 1. The molecular weight excluding hydrogens is 430 g/mol. The Morgan fingerprint density at radius 3 is 2.65 bits per heavy atom. The third-order valence-electron chi connectivity index (χ3n) is 7.24. The monoisotopic (exact) mass is 469 g/mol. The van der Waals surface area contributed by atoms with Crippen LogP contribution < -0.4 is 10.5 Å². The quantitative estimate of drug-likeness (QED) is 0.551. The van der Waals surface area contributed by atoms with Crippen LogP contribution in [0.25, 0.3) is 11.4 Å². The Morgan fingerprint density at radius 1 is 1.21 bits per heavy atom. The van der Waals surface area contributed by atoms with E-state index in [1.165, 1.54) is 17.4 Å². The highest BCUT2D eigenvalue weighted by Crippen LogP contribution is 2.34. The second kappa shape index (κ2) is 10.8. The number of carbonyl (C=O) groups excluding carboxylic acids is 1. The van der Waals surface area contributed by atoms with Crippen LogP contribution in [0.15, 0.2) is 10.9 Å². The van der Waals surface area contributed by atoms with Crippen LogP contribution in [0.2, 0.25) is 0 Å². The van der Waals surface area contributed by atoms with Crippen molar-refractivity contribution in [2.24, 2.45) is 5.92 Å². The Kier molecular flexibility index (Phi) is 7.86. The summed E-state index contributed by atoms with van der Waals surface area (Å²) in [6.45, 7) is 10.3. The molecule has 34 heavy (non-hydrogen) atoms. The number of aromatic nitrogens is 4. The summed E-state index contributed by atoms with van der Waals surface area (Å²) < 4.78 is 8.81. The average Bonchev–Trinajstić information content (AvgIpc) is 3.29. The molecule has 0 bridgehead atoms. The smallest absolute Gasteiger partial charge is 0.299 e. The highest BCUT2D eigenvalue weighted by Gasteiger charge is 2.34. The van der Waals surface area contributed by atoms with Gasteiger partial charge < -0.3 is 14.2 Å². The van der Waals surface area contributed by atoms with E-state index in [-0.39, 0.29) is 17.9 Å². The molecule has 2 atom stereocenters. The van der Waals surface area contributed by atoms with Crippen LogP contribution in [0.4, 0.5) is 5.69 Å². The minimum absolute atomic E-state index is 0.0358. The maximum Gasteiger partial charge on any atom is 0.299 e. The predicted octanol–water partition coefficient (Wildman–Crippen LogP) is 4.03. The molecule has 2 aliphatic rings. The van der Waals surface area contributed by atoms with E-state index in [9.17, 15) is 9.59 Å². The highest BCUT2D eigenvalue weighted by atomic mass is 16.5. The lowest BCUT2D eigenvalue weighted by Crippen LogP contribution is -2.49. The Bertz CT molecular complexity index is 1110. The summed E-state index contributed by atoms with van der Waals surface area (Å²) in [5.74, 6) is 1.63. The zero-order valence-electron chi connectivity index (χ0n) is 21.2. The normalized spacial score (nSPS) is 21.2. The first kappa shape index (κ1) is 24.6. The number of piperidine rings is 1. The molecule has 0 saturated carbocycles. The summed E-state index contributed by atoms with van der Waals surface area (Å²) in [7, 11) is 0. The molecule has 0 aromatic carbocycles. The van der Waals surface area contributed by atoms with Gasteiger partial charge in [0.2, 0.25) is 5.78 Å². The minimum Gasteiger partial charge on any atom is -0.377 e. The SMILES string of the molecule is CCCC1CCCN(c2c(CC)n(CC(C)=O)c3nc(C4=CCOCC4)nn3c2=O)C1CCC. The molecule has 2 aromatic rings. The van der Waals surface area contributed by atoms with Gasteiger partial charge in [-0.3, -0.25) is 9.59 Å². The summed E-state index contributed by atoms with van der Waals surface area (Å²) in [6, 6.07) is 0.334. The first-order valence-corrected chi connectivity index (χ1v) is 13.1. The fraction of sp³-hybridized carbons (Fsp3) is 0.692. The summed E-state index contributed by atoms with van der Waals surface area (Å²) in [5.41, 5.74) is 2.49. The number of ether oxygens (including phenoxy) is 1. The number of hydrogen-bond donors (Lipinski definition) is 0. The Balaban J connectivity index is 1.93. The maximum atomic E-state index is 14.0. The van der Waals surface area contributed by atoms with Gasteiger partial charge in [-0.05, 0) is 56.9 Å². The number of Topliss-reactive ketones (excluding diaryl/α,β-unsaturated/α-hetero) is 1. The zero-order valence-corrected chi connectivity index (χ0v) is 21.2. The largest absolute Gasteiger partial charge is 0.377 e. The van der Waals surface area contributed by atoms with E-state index in [1.807, 2.05) is 10.6 Å². The van der Waals surface area contributed by atoms with Gasteiger partial charge in [0.1, 0.15) is 11.5 Å². The summed E-state index contributed by atoms with van der Waals surface area (Å²) in [5, 5.41) is 4.67. The number of nitrogens with zero attached hydrogens (tertiary/aromatic N) is 5. The van der Waals surface area contributed by atoms with Gasteiger partial charge in [0.25, 0.3) is 5.56 Å². The van der Waals surface area contributed by atoms with Crippen molar-refractivity contribution in [2.75, 3.05) is 24.7 Å². The van der Waals surface area contributed by atoms with Crippen LogP contribution >= 0.6 is 0 Å². The van der Waals surface area contributed by atoms with Crippen molar-refractivity contribution < 1.29 is 9.53 Å². The van der Waals surface area contributed by atoms with E-state index in [1.54, 1.807) is 6.92 Å². The molecule has 2 aromatic heterocycles. The van der Waals surface area contributed by atoms with Gasteiger partial charge in [-0.15, -0.1) is 5.10 Å². The lowest BCUT2D eigenvalue weighted by Gasteiger charge is -2.43. The minimum atomic E-state index is -0.115. The second-order valence-corrected chi connectivity index (χ2v) is 9.68. The van der Waals surface area contributed by atoms with E-state index in [0.29, 0.717) is 55.3 Å². The zero-order chi connectivity index (χ0) is 24.2. The number of fused-ring (bicyclic) bond motifs is 1. The average molecular weight is 470 g/mol. The number of rotatable bonds is 9. The van der Waals surface area contributed by atoms with Crippen molar-refractivity contribution in [2.45, 2.75) is 91.6 Å². The molecule has 2 aliphatic heterocycles. The molecule has 1 saturated heterocycles. The summed E-state index contributed by atoms with van der Waals surface area (Å²) in [6.07, 6.45) is 10.1. The summed E-state index contributed by atoms with van der Waals surface area (Å²) in [4.78, 5) is 33.5.